The van der Waals surface area contributed by atoms with Crippen molar-refractivity contribution in [3.8, 4) is 11.5 Å². The first-order valence-electron chi connectivity index (χ1n) is 6.62. The molecule has 1 N–H and O–H groups in total. The second kappa shape index (κ2) is 6.95. The molecule has 0 aliphatic carbocycles. The predicted molar refractivity (Wildman–Crippen MR) is 81.0 cm³/mol. The standard InChI is InChI=1S/C15H13N3O3S/c19-13(16-9-12-7-4-8-20-12)10-22-15-18-17-14(21-15)11-5-2-1-3-6-11/h1-8H,9-10H2,(H,16,19). The van der Waals surface area contributed by atoms with E-state index in [0.717, 1.165) is 5.56 Å². The van der Waals surface area contributed by atoms with Crippen molar-refractivity contribution >= 4 is 17.7 Å². The van der Waals surface area contributed by atoms with Gasteiger partial charge in [-0.05, 0) is 24.3 Å². The summed E-state index contributed by atoms with van der Waals surface area (Å²) < 4.78 is 10.6. The Bertz CT molecular complexity index is 726. The summed E-state index contributed by atoms with van der Waals surface area (Å²) in [5.41, 5.74) is 0.851. The molecule has 3 aromatic rings. The van der Waals surface area contributed by atoms with E-state index >= 15 is 0 Å². The second-order valence-corrected chi connectivity index (χ2v) is 5.31. The van der Waals surface area contributed by atoms with Gasteiger partial charge >= 0.3 is 0 Å². The Hall–Kier alpha value is -2.54. The molecule has 1 aromatic carbocycles. The van der Waals surface area contributed by atoms with Crippen LogP contribution in [-0.4, -0.2) is 21.9 Å². The molecule has 0 fully saturated rings. The molecule has 0 aliphatic heterocycles. The van der Waals surface area contributed by atoms with Crippen LogP contribution < -0.4 is 5.32 Å². The number of hydrogen-bond donors (Lipinski definition) is 1. The van der Waals surface area contributed by atoms with Crippen molar-refractivity contribution in [1.29, 1.82) is 0 Å². The van der Waals surface area contributed by atoms with Gasteiger partial charge in [0.25, 0.3) is 5.22 Å². The van der Waals surface area contributed by atoms with Gasteiger partial charge in [0.15, 0.2) is 0 Å². The van der Waals surface area contributed by atoms with Crippen LogP contribution in [0.2, 0.25) is 0 Å². The molecule has 0 radical (unpaired) electrons. The largest absolute Gasteiger partial charge is 0.467 e. The van der Waals surface area contributed by atoms with E-state index in [2.05, 4.69) is 15.5 Å². The van der Waals surface area contributed by atoms with Crippen LogP contribution in [-0.2, 0) is 11.3 Å². The number of amides is 1. The van der Waals surface area contributed by atoms with Gasteiger partial charge < -0.3 is 14.2 Å². The van der Waals surface area contributed by atoms with Gasteiger partial charge in [-0.25, -0.2) is 0 Å². The van der Waals surface area contributed by atoms with Gasteiger partial charge in [0, 0.05) is 5.56 Å². The molecule has 6 nitrogen and oxygen atoms in total. The van der Waals surface area contributed by atoms with E-state index in [1.807, 2.05) is 30.3 Å². The fraction of sp³-hybridized carbons (Fsp3) is 0.133. The monoisotopic (exact) mass is 315 g/mol. The van der Waals surface area contributed by atoms with Crippen molar-refractivity contribution in [1.82, 2.24) is 15.5 Å². The lowest BCUT2D eigenvalue weighted by molar-refractivity contribution is -0.118. The van der Waals surface area contributed by atoms with Crippen molar-refractivity contribution in [2.75, 3.05) is 5.75 Å². The molecule has 2 aromatic heterocycles. The summed E-state index contributed by atoms with van der Waals surface area (Å²) in [6, 6.07) is 13.1. The summed E-state index contributed by atoms with van der Waals surface area (Å²) in [7, 11) is 0. The molecular weight excluding hydrogens is 302 g/mol. The third kappa shape index (κ3) is 3.76. The van der Waals surface area contributed by atoms with Crippen LogP contribution in [0.3, 0.4) is 0 Å². The van der Waals surface area contributed by atoms with Crippen molar-refractivity contribution in [3.63, 3.8) is 0 Å². The van der Waals surface area contributed by atoms with Crippen LogP contribution in [0.1, 0.15) is 5.76 Å². The third-order valence-corrected chi connectivity index (χ3v) is 3.61. The summed E-state index contributed by atoms with van der Waals surface area (Å²) in [6.07, 6.45) is 1.57. The average molecular weight is 315 g/mol. The number of rotatable bonds is 6. The van der Waals surface area contributed by atoms with Gasteiger partial charge in [-0.1, -0.05) is 30.0 Å². The maximum absolute atomic E-state index is 11.7. The lowest BCUT2D eigenvalue weighted by Crippen LogP contribution is -2.24. The average Bonchev–Trinajstić information content (AvgIpc) is 3.23. The van der Waals surface area contributed by atoms with Crippen LogP contribution in [0, 0.1) is 0 Å². The zero-order chi connectivity index (χ0) is 15.2. The summed E-state index contributed by atoms with van der Waals surface area (Å²) >= 11 is 1.20. The molecule has 0 bridgehead atoms. The van der Waals surface area contributed by atoms with E-state index in [9.17, 15) is 4.79 Å². The smallest absolute Gasteiger partial charge is 0.277 e. The number of furan rings is 1. The Morgan fingerprint density at radius 2 is 2.00 bits per heavy atom. The molecule has 0 saturated carbocycles. The molecule has 0 saturated heterocycles. The van der Waals surface area contributed by atoms with Gasteiger partial charge in [-0.3, -0.25) is 4.79 Å². The highest BCUT2D eigenvalue weighted by Gasteiger charge is 2.11. The number of carbonyl (C=O) groups excluding carboxylic acids is 1. The zero-order valence-electron chi connectivity index (χ0n) is 11.6. The van der Waals surface area contributed by atoms with E-state index < -0.39 is 0 Å². The van der Waals surface area contributed by atoms with Gasteiger partial charge in [-0.15, -0.1) is 10.2 Å². The highest BCUT2D eigenvalue weighted by Crippen LogP contribution is 2.22. The molecule has 0 unspecified atom stereocenters. The molecule has 0 atom stereocenters. The summed E-state index contributed by atoms with van der Waals surface area (Å²) in [6.45, 7) is 0.367. The topological polar surface area (TPSA) is 81.2 Å². The Morgan fingerprint density at radius 3 is 2.77 bits per heavy atom. The predicted octanol–water partition coefficient (Wildman–Crippen LogP) is 2.74. The lowest BCUT2D eigenvalue weighted by atomic mass is 10.2. The van der Waals surface area contributed by atoms with Crippen LogP contribution >= 0.6 is 11.8 Å². The third-order valence-electron chi connectivity index (χ3n) is 2.79. The summed E-state index contributed by atoms with van der Waals surface area (Å²) in [5.74, 6) is 1.24. The highest BCUT2D eigenvalue weighted by molar-refractivity contribution is 7.99. The molecule has 3 rings (SSSR count). The van der Waals surface area contributed by atoms with Gasteiger partial charge in [-0.2, -0.15) is 0 Å². The normalized spacial score (nSPS) is 10.5. The lowest BCUT2D eigenvalue weighted by Gasteiger charge is -2.00. The first-order chi connectivity index (χ1) is 10.8. The fourth-order valence-corrected chi connectivity index (χ4v) is 2.34. The van der Waals surface area contributed by atoms with Crippen LogP contribution in [0.5, 0.6) is 0 Å². The SMILES string of the molecule is O=C(CSc1nnc(-c2ccccc2)o1)NCc1ccco1. The second-order valence-electron chi connectivity index (χ2n) is 4.38. The number of aromatic nitrogens is 2. The minimum atomic E-state index is -0.124. The van der Waals surface area contributed by atoms with Crippen molar-refractivity contribution in [3.05, 3.63) is 54.5 Å². The first kappa shape index (κ1) is 14.4. The molecule has 112 valence electrons. The molecule has 0 aliphatic rings. The number of carbonyl (C=O) groups is 1. The zero-order valence-corrected chi connectivity index (χ0v) is 12.4. The molecular formula is C15H13N3O3S. The molecule has 22 heavy (non-hydrogen) atoms. The molecule has 7 heteroatoms. The number of benzene rings is 1. The van der Waals surface area contributed by atoms with Crippen molar-refractivity contribution < 1.29 is 13.6 Å². The quantitative estimate of drug-likeness (QED) is 0.704. The molecule has 1 amide bonds. The minimum absolute atomic E-state index is 0.124. The van der Waals surface area contributed by atoms with Crippen LogP contribution in [0.15, 0.2) is 62.8 Å². The number of nitrogens with one attached hydrogen (secondary N) is 1. The van der Waals surface area contributed by atoms with E-state index in [0.29, 0.717) is 23.4 Å². The minimum Gasteiger partial charge on any atom is -0.467 e. The van der Waals surface area contributed by atoms with Crippen LogP contribution in [0.25, 0.3) is 11.5 Å². The maximum atomic E-state index is 11.7. The fourth-order valence-electron chi connectivity index (χ4n) is 1.74. The Labute approximate surface area is 130 Å². The first-order valence-corrected chi connectivity index (χ1v) is 7.60. The van der Waals surface area contributed by atoms with Gasteiger partial charge in [0.2, 0.25) is 11.8 Å². The molecule has 0 spiro atoms. The van der Waals surface area contributed by atoms with Crippen molar-refractivity contribution in [2.45, 2.75) is 11.8 Å². The Morgan fingerprint density at radius 1 is 1.14 bits per heavy atom. The van der Waals surface area contributed by atoms with E-state index in [1.54, 1.807) is 18.4 Å². The summed E-state index contributed by atoms with van der Waals surface area (Å²) in [4.78, 5) is 11.7. The Kier molecular flexibility index (Phi) is 4.55. The number of nitrogens with zero attached hydrogens (tertiary/aromatic N) is 2. The maximum Gasteiger partial charge on any atom is 0.277 e. The van der Waals surface area contributed by atoms with Crippen molar-refractivity contribution in [2.24, 2.45) is 0 Å². The van der Waals surface area contributed by atoms with E-state index in [4.69, 9.17) is 8.83 Å². The Balaban J connectivity index is 1.49. The van der Waals surface area contributed by atoms with E-state index in [1.165, 1.54) is 11.8 Å². The number of thioether (sulfide) groups is 1. The van der Waals surface area contributed by atoms with E-state index in [-0.39, 0.29) is 11.7 Å². The molecule has 2 heterocycles. The summed E-state index contributed by atoms with van der Waals surface area (Å²) in [5, 5.41) is 11.0. The van der Waals surface area contributed by atoms with Crippen LogP contribution in [0.4, 0.5) is 0 Å². The van der Waals surface area contributed by atoms with Gasteiger partial charge in [0.1, 0.15) is 5.76 Å². The number of hydrogen-bond acceptors (Lipinski definition) is 6. The van der Waals surface area contributed by atoms with Gasteiger partial charge in [0.05, 0.1) is 18.6 Å². The highest BCUT2D eigenvalue weighted by atomic mass is 32.2.